The number of nitro groups is 1. The van der Waals surface area contributed by atoms with Crippen LogP contribution in [0.25, 0.3) is 0 Å². The molecule has 1 saturated heterocycles. The quantitative estimate of drug-likeness (QED) is 0.432. The lowest BCUT2D eigenvalue weighted by Gasteiger charge is -2.37. The SMILES string of the molecule is O=[N+]([O-])c1c(O)c(O)cc2c1CC(CN1CCN(c3cccc(C(F)(F)F)c3)CC1)C2. The number of phenols is 2. The van der Waals surface area contributed by atoms with Gasteiger partial charge < -0.3 is 15.1 Å². The highest BCUT2D eigenvalue weighted by molar-refractivity contribution is 5.63. The van der Waals surface area contributed by atoms with Crippen molar-refractivity contribution in [2.24, 2.45) is 5.92 Å². The number of alkyl halides is 3. The summed E-state index contributed by atoms with van der Waals surface area (Å²) < 4.78 is 38.9. The van der Waals surface area contributed by atoms with E-state index < -0.39 is 33.8 Å². The second kappa shape index (κ2) is 7.92. The van der Waals surface area contributed by atoms with Crippen LogP contribution in [0, 0.1) is 16.0 Å². The van der Waals surface area contributed by atoms with Gasteiger partial charge in [-0.1, -0.05) is 6.07 Å². The second-order valence-electron chi connectivity index (χ2n) is 8.10. The standard InChI is InChI=1S/C21H22F3N3O4/c22-21(23,24)15-2-1-3-16(11-15)26-6-4-25(5-7-26)12-13-8-14-10-18(28)20(29)19(27(30)31)17(14)9-13/h1-3,10-11,13,28-29H,4-9,12H2. The first-order valence-corrected chi connectivity index (χ1v) is 9.99. The zero-order chi connectivity index (χ0) is 22.3. The van der Waals surface area contributed by atoms with Crippen LogP contribution in [0.1, 0.15) is 16.7 Å². The van der Waals surface area contributed by atoms with Crippen LogP contribution in [0.3, 0.4) is 0 Å². The summed E-state index contributed by atoms with van der Waals surface area (Å²) in [6, 6.07) is 6.71. The molecule has 0 saturated carbocycles. The van der Waals surface area contributed by atoms with Gasteiger partial charge in [0.2, 0.25) is 5.75 Å². The second-order valence-corrected chi connectivity index (χ2v) is 8.10. The molecule has 0 radical (unpaired) electrons. The number of anilines is 1. The molecule has 1 fully saturated rings. The van der Waals surface area contributed by atoms with E-state index >= 15 is 0 Å². The summed E-state index contributed by atoms with van der Waals surface area (Å²) in [5.41, 5.74) is 0.600. The van der Waals surface area contributed by atoms with Crippen molar-refractivity contribution < 1.29 is 28.3 Å². The van der Waals surface area contributed by atoms with Crippen LogP contribution < -0.4 is 4.90 Å². The Bertz CT molecular complexity index is 1000. The molecular formula is C21H22F3N3O4. The van der Waals surface area contributed by atoms with Crippen molar-refractivity contribution in [3.63, 3.8) is 0 Å². The van der Waals surface area contributed by atoms with Gasteiger partial charge in [0.1, 0.15) is 0 Å². The lowest BCUT2D eigenvalue weighted by Crippen LogP contribution is -2.48. The number of phenolic OH excluding ortho intramolecular Hbond substituents is 2. The van der Waals surface area contributed by atoms with Crippen molar-refractivity contribution in [2.75, 3.05) is 37.6 Å². The molecule has 2 aromatic carbocycles. The molecule has 1 unspecified atom stereocenters. The highest BCUT2D eigenvalue weighted by Crippen LogP contribution is 2.45. The molecule has 2 aromatic rings. The third kappa shape index (κ3) is 4.25. The molecule has 0 aromatic heterocycles. The Balaban J connectivity index is 1.38. The number of hydrogen-bond acceptors (Lipinski definition) is 6. The predicted octanol–water partition coefficient (Wildman–Crippen LogP) is 3.56. The van der Waals surface area contributed by atoms with Crippen molar-refractivity contribution in [1.82, 2.24) is 4.90 Å². The molecule has 2 N–H and O–H groups in total. The molecule has 0 amide bonds. The average molecular weight is 437 g/mol. The first-order chi connectivity index (χ1) is 14.6. The topological polar surface area (TPSA) is 90.1 Å². The highest BCUT2D eigenvalue weighted by atomic mass is 19.4. The summed E-state index contributed by atoms with van der Waals surface area (Å²) in [5.74, 6) is -1.07. The molecule has 4 rings (SSSR count). The third-order valence-electron chi connectivity index (χ3n) is 6.06. The number of hydrogen-bond donors (Lipinski definition) is 2. The summed E-state index contributed by atoms with van der Waals surface area (Å²) in [7, 11) is 0. The van der Waals surface area contributed by atoms with E-state index in [1.54, 1.807) is 6.07 Å². The van der Waals surface area contributed by atoms with Crippen molar-refractivity contribution in [3.8, 4) is 11.5 Å². The summed E-state index contributed by atoms with van der Waals surface area (Å²) in [6.07, 6.45) is -3.37. The van der Waals surface area contributed by atoms with Crippen molar-refractivity contribution in [1.29, 1.82) is 0 Å². The number of fused-ring (bicyclic) bond motifs is 1. The number of rotatable bonds is 4. The molecule has 0 spiro atoms. The van der Waals surface area contributed by atoms with E-state index in [0.717, 1.165) is 6.07 Å². The van der Waals surface area contributed by atoms with Gasteiger partial charge in [-0.3, -0.25) is 15.0 Å². The van der Waals surface area contributed by atoms with Crippen molar-refractivity contribution in [2.45, 2.75) is 19.0 Å². The average Bonchev–Trinajstić information content (AvgIpc) is 3.09. The monoisotopic (exact) mass is 437 g/mol. The van der Waals surface area contributed by atoms with Gasteiger partial charge in [0, 0.05) is 44.0 Å². The van der Waals surface area contributed by atoms with Gasteiger partial charge >= 0.3 is 11.9 Å². The number of piperazine rings is 1. The minimum Gasteiger partial charge on any atom is -0.504 e. The minimum atomic E-state index is -4.37. The van der Waals surface area contributed by atoms with Gasteiger partial charge in [-0.2, -0.15) is 13.2 Å². The van der Waals surface area contributed by atoms with Crippen LogP contribution in [0.4, 0.5) is 24.5 Å². The van der Waals surface area contributed by atoms with E-state index in [-0.39, 0.29) is 5.92 Å². The number of nitro benzene ring substituents is 1. The van der Waals surface area contributed by atoms with Crippen molar-refractivity contribution in [3.05, 3.63) is 57.1 Å². The predicted molar refractivity (Wildman–Crippen MR) is 107 cm³/mol. The van der Waals surface area contributed by atoms with E-state index in [9.17, 15) is 33.5 Å². The van der Waals surface area contributed by atoms with Crippen LogP contribution >= 0.6 is 0 Å². The first-order valence-electron chi connectivity index (χ1n) is 9.99. The Morgan fingerprint density at radius 3 is 2.45 bits per heavy atom. The zero-order valence-corrected chi connectivity index (χ0v) is 16.6. The largest absolute Gasteiger partial charge is 0.504 e. The Hall–Kier alpha value is -3.01. The lowest BCUT2D eigenvalue weighted by atomic mass is 10.0. The van der Waals surface area contributed by atoms with E-state index in [1.807, 2.05) is 4.90 Å². The first kappa shape index (κ1) is 21.2. The Morgan fingerprint density at radius 2 is 1.81 bits per heavy atom. The molecule has 2 aliphatic rings. The maximum atomic E-state index is 13.0. The molecule has 1 heterocycles. The molecule has 1 atom stereocenters. The summed E-state index contributed by atoms with van der Waals surface area (Å²) in [5, 5.41) is 31.0. The lowest BCUT2D eigenvalue weighted by molar-refractivity contribution is -0.386. The molecule has 166 valence electrons. The van der Waals surface area contributed by atoms with E-state index in [4.69, 9.17) is 0 Å². The molecule has 1 aliphatic carbocycles. The third-order valence-corrected chi connectivity index (χ3v) is 6.06. The number of aromatic hydroxyl groups is 2. The van der Waals surface area contributed by atoms with Crippen LogP contribution in [0.15, 0.2) is 30.3 Å². The normalized spacial score (nSPS) is 19.5. The van der Waals surface area contributed by atoms with Crippen LogP contribution in [-0.4, -0.2) is 52.8 Å². The maximum Gasteiger partial charge on any atom is 0.416 e. The Labute approximate surface area is 176 Å². The summed E-state index contributed by atoms with van der Waals surface area (Å²) in [4.78, 5) is 14.8. The smallest absolute Gasteiger partial charge is 0.416 e. The fourth-order valence-corrected chi connectivity index (χ4v) is 4.58. The molecule has 31 heavy (non-hydrogen) atoms. The number of benzene rings is 2. The molecule has 1 aliphatic heterocycles. The zero-order valence-electron chi connectivity index (χ0n) is 16.6. The minimum absolute atomic E-state index is 0.106. The van der Waals surface area contributed by atoms with Gasteiger partial charge in [-0.15, -0.1) is 0 Å². The highest BCUT2D eigenvalue weighted by Gasteiger charge is 2.35. The van der Waals surface area contributed by atoms with Crippen LogP contribution in [0.5, 0.6) is 11.5 Å². The van der Waals surface area contributed by atoms with Gasteiger partial charge in [0.25, 0.3) is 0 Å². The van der Waals surface area contributed by atoms with Gasteiger partial charge in [-0.05, 0) is 48.6 Å². The van der Waals surface area contributed by atoms with Gasteiger partial charge in [0.15, 0.2) is 5.75 Å². The summed E-state index contributed by atoms with van der Waals surface area (Å²) in [6.45, 7) is 3.19. The Morgan fingerprint density at radius 1 is 1.10 bits per heavy atom. The van der Waals surface area contributed by atoms with Crippen molar-refractivity contribution >= 4 is 11.4 Å². The van der Waals surface area contributed by atoms with Crippen LogP contribution in [-0.2, 0) is 19.0 Å². The number of halogens is 3. The fourth-order valence-electron chi connectivity index (χ4n) is 4.58. The fraction of sp³-hybridized carbons (Fsp3) is 0.429. The number of nitrogens with zero attached hydrogens (tertiary/aromatic N) is 3. The van der Waals surface area contributed by atoms with E-state index in [2.05, 4.69) is 4.90 Å². The van der Waals surface area contributed by atoms with Crippen LogP contribution in [0.2, 0.25) is 0 Å². The van der Waals surface area contributed by atoms with Gasteiger partial charge in [0.05, 0.1) is 10.5 Å². The molecule has 10 heteroatoms. The van der Waals surface area contributed by atoms with Gasteiger partial charge in [-0.25, -0.2) is 0 Å². The summed E-state index contributed by atoms with van der Waals surface area (Å²) >= 11 is 0. The Kier molecular flexibility index (Phi) is 5.42. The molecule has 0 bridgehead atoms. The van der Waals surface area contributed by atoms with E-state index in [1.165, 1.54) is 18.2 Å². The maximum absolute atomic E-state index is 13.0. The molecule has 7 nitrogen and oxygen atoms in total. The van der Waals surface area contributed by atoms with E-state index in [0.29, 0.717) is 62.4 Å². The molecular weight excluding hydrogens is 415 g/mol.